The molecule has 0 aromatic carbocycles. The molecule has 2 fully saturated rings. The summed E-state index contributed by atoms with van der Waals surface area (Å²) in [5.74, 6) is 0.238. The van der Waals surface area contributed by atoms with Crippen molar-refractivity contribution in [2.75, 3.05) is 13.1 Å². The van der Waals surface area contributed by atoms with Crippen molar-refractivity contribution in [1.82, 2.24) is 19.8 Å². The summed E-state index contributed by atoms with van der Waals surface area (Å²) >= 11 is 0. The average Bonchev–Trinajstić information content (AvgIpc) is 3.23. The molecular weight excluding hydrogens is 252 g/mol. The van der Waals surface area contributed by atoms with Crippen molar-refractivity contribution < 1.29 is 4.79 Å². The summed E-state index contributed by atoms with van der Waals surface area (Å²) < 4.78 is 2.24. The van der Waals surface area contributed by atoms with E-state index in [0.29, 0.717) is 6.04 Å². The molecule has 1 N–H and O–H groups in total. The number of carbonyl (C=O) groups is 1. The smallest absolute Gasteiger partial charge is 0.239 e. The van der Waals surface area contributed by atoms with Gasteiger partial charge in [0.15, 0.2) is 0 Å². The van der Waals surface area contributed by atoms with Crippen LogP contribution < -0.4 is 5.32 Å². The number of hydrogen-bond acceptors (Lipinski definition) is 3. The van der Waals surface area contributed by atoms with Crippen molar-refractivity contribution in [3.05, 3.63) is 18.2 Å². The van der Waals surface area contributed by atoms with Gasteiger partial charge in [-0.15, -0.1) is 0 Å². The van der Waals surface area contributed by atoms with Crippen LogP contribution in [0, 0.1) is 0 Å². The third-order valence-electron chi connectivity index (χ3n) is 4.31. The van der Waals surface area contributed by atoms with Gasteiger partial charge in [0, 0.05) is 31.9 Å². The van der Waals surface area contributed by atoms with Gasteiger partial charge in [-0.2, -0.15) is 0 Å². The van der Waals surface area contributed by atoms with E-state index in [1.807, 2.05) is 24.3 Å². The second kappa shape index (κ2) is 5.95. The lowest BCUT2D eigenvalue weighted by Crippen LogP contribution is -2.46. The van der Waals surface area contributed by atoms with Crippen molar-refractivity contribution in [1.29, 1.82) is 0 Å². The maximum atomic E-state index is 12.3. The second-order valence-electron chi connectivity index (χ2n) is 6.01. The van der Waals surface area contributed by atoms with Crippen molar-refractivity contribution >= 4 is 5.91 Å². The summed E-state index contributed by atoms with van der Waals surface area (Å²) in [6.45, 7) is 4.53. The Bertz CT molecular complexity index is 460. The first kappa shape index (κ1) is 13.6. The van der Waals surface area contributed by atoms with Gasteiger partial charge >= 0.3 is 0 Å². The van der Waals surface area contributed by atoms with E-state index in [0.717, 1.165) is 32.5 Å². The third-order valence-corrected chi connectivity index (χ3v) is 4.31. The molecule has 0 bridgehead atoms. The van der Waals surface area contributed by atoms with Gasteiger partial charge in [-0.1, -0.05) is 0 Å². The zero-order chi connectivity index (χ0) is 13.9. The molecule has 5 heteroatoms. The maximum absolute atomic E-state index is 12.3. The van der Waals surface area contributed by atoms with Crippen LogP contribution in [0.3, 0.4) is 0 Å². The Morgan fingerprint density at radius 3 is 2.85 bits per heavy atom. The van der Waals surface area contributed by atoms with E-state index >= 15 is 0 Å². The van der Waals surface area contributed by atoms with Crippen LogP contribution in [0.15, 0.2) is 12.5 Å². The molecule has 0 radical (unpaired) electrons. The molecule has 20 heavy (non-hydrogen) atoms. The largest absolute Gasteiger partial charge is 0.341 e. The molecule has 1 aromatic heterocycles. The van der Waals surface area contributed by atoms with Crippen LogP contribution in [0.5, 0.6) is 0 Å². The highest BCUT2D eigenvalue weighted by Crippen LogP contribution is 2.35. The maximum Gasteiger partial charge on any atom is 0.239 e. The number of carbonyl (C=O) groups excluding carboxylic acids is 1. The third kappa shape index (κ3) is 3.03. The number of imidazole rings is 1. The zero-order valence-electron chi connectivity index (χ0n) is 12.2. The fourth-order valence-corrected chi connectivity index (χ4v) is 2.88. The highest BCUT2D eigenvalue weighted by molar-refractivity contribution is 5.81. The number of piperidine rings is 1. The summed E-state index contributed by atoms with van der Waals surface area (Å²) in [6, 6.07) is 0.526. The SMILES string of the molecule is CC(NCc1cncn1C1CC1)C(=O)N1CCCCC1. The molecule has 1 atom stereocenters. The van der Waals surface area contributed by atoms with E-state index in [1.165, 1.54) is 25.0 Å². The molecule has 2 aliphatic rings. The Balaban J connectivity index is 1.51. The number of nitrogens with zero attached hydrogens (tertiary/aromatic N) is 3. The number of rotatable bonds is 5. The van der Waals surface area contributed by atoms with Crippen LogP contribution >= 0.6 is 0 Å². The first-order chi connectivity index (χ1) is 9.75. The van der Waals surface area contributed by atoms with Gasteiger partial charge < -0.3 is 14.8 Å². The van der Waals surface area contributed by atoms with Gasteiger partial charge in [0.05, 0.1) is 18.1 Å². The predicted octanol–water partition coefficient (Wildman–Crippen LogP) is 1.71. The molecule has 1 aromatic rings. The van der Waals surface area contributed by atoms with E-state index in [-0.39, 0.29) is 11.9 Å². The minimum Gasteiger partial charge on any atom is -0.341 e. The Morgan fingerprint density at radius 1 is 1.40 bits per heavy atom. The summed E-state index contributed by atoms with van der Waals surface area (Å²) in [6.07, 6.45) is 9.87. The first-order valence-corrected chi connectivity index (χ1v) is 7.78. The van der Waals surface area contributed by atoms with E-state index in [1.54, 1.807) is 0 Å². The summed E-state index contributed by atoms with van der Waals surface area (Å²) in [4.78, 5) is 18.6. The molecule has 1 aliphatic carbocycles. The van der Waals surface area contributed by atoms with E-state index in [9.17, 15) is 4.79 Å². The van der Waals surface area contributed by atoms with Crippen molar-refractivity contribution in [2.45, 2.75) is 57.7 Å². The molecular formula is C15H24N4O. The fraction of sp³-hybridized carbons (Fsp3) is 0.733. The minimum atomic E-state index is -0.115. The molecule has 1 aliphatic heterocycles. The molecule has 1 amide bonds. The molecule has 1 saturated carbocycles. The van der Waals surface area contributed by atoms with E-state index in [4.69, 9.17) is 0 Å². The lowest BCUT2D eigenvalue weighted by Gasteiger charge is -2.29. The second-order valence-corrected chi connectivity index (χ2v) is 6.01. The van der Waals surface area contributed by atoms with Crippen LogP contribution in [0.2, 0.25) is 0 Å². The lowest BCUT2D eigenvalue weighted by molar-refractivity contribution is -0.133. The predicted molar refractivity (Wildman–Crippen MR) is 77.2 cm³/mol. The molecule has 0 spiro atoms. The number of nitrogens with one attached hydrogen (secondary N) is 1. The van der Waals surface area contributed by atoms with Gasteiger partial charge in [0.25, 0.3) is 0 Å². The lowest BCUT2D eigenvalue weighted by atomic mass is 10.1. The van der Waals surface area contributed by atoms with Gasteiger partial charge in [-0.25, -0.2) is 4.98 Å². The highest BCUT2D eigenvalue weighted by Gasteiger charge is 2.26. The van der Waals surface area contributed by atoms with Gasteiger partial charge in [-0.3, -0.25) is 4.79 Å². The van der Waals surface area contributed by atoms with Gasteiger partial charge in [0.2, 0.25) is 5.91 Å². The van der Waals surface area contributed by atoms with E-state index in [2.05, 4.69) is 14.9 Å². The van der Waals surface area contributed by atoms with Gasteiger partial charge in [-0.05, 0) is 39.0 Å². The van der Waals surface area contributed by atoms with E-state index < -0.39 is 0 Å². The first-order valence-electron chi connectivity index (χ1n) is 7.78. The molecule has 1 saturated heterocycles. The number of likely N-dealkylation sites (tertiary alicyclic amines) is 1. The Labute approximate surface area is 120 Å². The topological polar surface area (TPSA) is 50.2 Å². The van der Waals surface area contributed by atoms with Gasteiger partial charge in [0.1, 0.15) is 0 Å². The van der Waals surface area contributed by atoms with Crippen molar-refractivity contribution in [3.8, 4) is 0 Å². The molecule has 5 nitrogen and oxygen atoms in total. The highest BCUT2D eigenvalue weighted by atomic mass is 16.2. The summed E-state index contributed by atoms with van der Waals surface area (Å²) in [5, 5.41) is 3.35. The monoisotopic (exact) mass is 276 g/mol. The fourth-order valence-electron chi connectivity index (χ4n) is 2.88. The molecule has 2 heterocycles. The van der Waals surface area contributed by atoms with Crippen LogP contribution in [0.4, 0.5) is 0 Å². The Morgan fingerprint density at radius 2 is 2.15 bits per heavy atom. The van der Waals surface area contributed by atoms with Crippen LogP contribution in [0.1, 0.15) is 50.8 Å². The van der Waals surface area contributed by atoms with Crippen LogP contribution in [-0.2, 0) is 11.3 Å². The standard InChI is InChI=1S/C15H24N4O/c1-12(15(20)18-7-3-2-4-8-18)17-10-14-9-16-11-19(14)13-5-6-13/h9,11-13,17H,2-8,10H2,1H3. The van der Waals surface area contributed by atoms with Crippen LogP contribution in [0.25, 0.3) is 0 Å². The van der Waals surface area contributed by atoms with Crippen molar-refractivity contribution in [3.63, 3.8) is 0 Å². The number of amides is 1. The summed E-state index contributed by atoms with van der Waals surface area (Å²) in [7, 11) is 0. The average molecular weight is 276 g/mol. The van der Waals surface area contributed by atoms with Crippen molar-refractivity contribution in [2.24, 2.45) is 0 Å². The molecule has 3 rings (SSSR count). The number of hydrogen-bond donors (Lipinski definition) is 1. The Hall–Kier alpha value is -1.36. The molecule has 1 unspecified atom stereocenters. The van der Waals surface area contributed by atoms with Crippen LogP contribution in [-0.4, -0.2) is 39.5 Å². The quantitative estimate of drug-likeness (QED) is 0.890. The zero-order valence-corrected chi connectivity index (χ0v) is 12.2. The normalized spacial score (nSPS) is 20.9. The Kier molecular flexibility index (Phi) is 4.05. The summed E-state index contributed by atoms with van der Waals surface area (Å²) in [5.41, 5.74) is 1.19. The number of aromatic nitrogens is 2. The minimum absolute atomic E-state index is 0.115. The molecule has 110 valence electrons.